The summed E-state index contributed by atoms with van der Waals surface area (Å²) in [5, 5.41) is 8.80. The van der Waals surface area contributed by atoms with Gasteiger partial charge in [-0.05, 0) is 37.3 Å². The van der Waals surface area contributed by atoms with Gasteiger partial charge in [0.2, 0.25) is 0 Å². The van der Waals surface area contributed by atoms with Crippen LogP contribution < -0.4 is 0 Å². The maximum absolute atomic E-state index is 10.7. The molecule has 0 radical (unpaired) electrons. The van der Waals surface area contributed by atoms with Crippen molar-refractivity contribution in [2.24, 2.45) is 5.92 Å². The van der Waals surface area contributed by atoms with E-state index in [1.165, 1.54) is 34.6 Å². The molecule has 0 saturated heterocycles. The van der Waals surface area contributed by atoms with E-state index in [1.807, 2.05) is 0 Å². The third-order valence-electron chi connectivity index (χ3n) is 2.73. The third kappa shape index (κ3) is 1.82. The first-order valence-corrected chi connectivity index (χ1v) is 5.81. The molecule has 1 aromatic rings. The Labute approximate surface area is 87.6 Å². The minimum Gasteiger partial charge on any atom is -0.481 e. The molecule has 1 heterocycles. The molecule has 1 aliphatic rings. The fourth-order valence-electron chi connectivity index (χ4n) is 1.88. The van der Waals surface area contributed by atoms with Gasteiger partial charge in [0.15, 0.2) is 0 Å². The summed E-state index contributed by atoms with van der Waals surface area (Å²) in [6.45, 7) is 1.77. The molecule has 0 aromatic carbocycles. The summed E-state index contributed by atoms with van der Waals surface area (Å²) in [5.74, 6) is -0.952. The van der Waals surface area contributed by atoms with E-state index in [9.17, 15) is 4.79 Å². The first kappa shape index (κ1) is 9.71. The highest BCUT2D eigenvalue weighted by Crippen LogP contribution is 2.31. The van der Waals surface area contributed by atoms with Crippen LogP contribution in [0.2, 0.25) is 0 Å². The molecule has 0 fully saturated rings. The third-order valence-corrected chi connectivity index (χ3v) is 3.99. The van der Waals surface area contributed by atoms with Gasteiger partial charge in [-0.3, -0.25) is 4.79 Å². The molecule has 3 heteroatoms. The number of thiophene rings is 1. The van der Waals surface area contributed by atoms with Crippen LogP contribution in [-0.2, 0) is 24.1 Å². The second-order valence-corrected chi connectivity index (χ2v) is 5.18. The van der Waals surface area contributed by atoms with Crippen LogP contribution >= 0.6 is 11.3 Å². The Bertz CT molecular complexity index is 333. The molecule has 1 unspecified atom stereocenters. The number of fused-ring (bicyclic) bond motifs is 1. The quantitative estimate of drug-likeness (QED) is 0.832. The van der Waals surface area contributed by atoms with Gasteiger partial charge in [-0.2, -0.15) is 0 Å². The topological polar surface area (TPSA) is 37.3 Å². The SMILES string of the molecule is CC(Cc1cc2c(s1)CCC2)C(=O)O. The molecule has 76 valence electrons. The number of carboxylic acid groups (broad SMARTS) is 1. The smallest absolute Gasteiger partial charge is 0.306 e. The van der Waals surface area contributed by atoms with Crippen molar-refractivity contribution in [3.8, 4) is 0 Å². The number of carbonyl (C=O) groups is 1. The highest BCUT2D eigenvalue weighted by molar-refractivity contribution is 7.12. The number of rotatable bonds is 3. The molecule has 1 aliphatic carbocycles. The molecule has 0 spiro atoms. The van der Waals surface area contributed by atoms with E-state index in [0.29, 0.717) is 6.42 Å². The zero-order valence-corrected chi connectivity index (χ0v) is 9.06. The first-order chi connectivity index (χ1) is 6.66. The van der Waals surface area contributed by atoms with Crippen molar-refractivity contribution in [1.82, 2.24) is 0 Å². The van der Waals surface area contributed by atoms with E-state index >= 15 is 0 Å². The van der Waals surface area contributed by atoms with Gasteiger partial charge in [0.1, 0.15) is 0 Å². The van der Waals surface area contributed by atoms with Gasteiger partial charge in [0.25, 0.3) is 0 Å². The summed E-state index contributed by atoms with van der Waals surface area (Å²) in [6.07, 6.45) is 4.34. The van der Waals surface area contributed by atoms with Crippen LogP contribution in [0.1, 0.15) is 28.7 Å². The molecule has 0 bridgehead atoms. The zero-order valence-electron chi connectivity index (χ0n) is 8.25. The molecule has 1 N–H and O–H groups in total. The lowest BCUT2D eigenvalue weighted by molar-refractivity contribution is -0.141. The standard InChI is InChI=1S/C11H14O2S/c1-7(11(12)13)5-9-6-8-3-2-4-10(8)14-9/h6-7H,2-5H2,1H3,(H,12,13). The van der Waals surface area contributed by atoms with Crippen LogP contribution in [0.25, 0.3) is 0 Å². The molecule has 1 atom stereocenters. The lowest BCUT2D eigenvalue weighted by atomic mass is 10.1. The van der Waals surface area contributed by atoms with Crippen molar-refractivity contribution in [2.75, 3.05) is 0 Å². The van der Waals surface area contributed by atoms with Gasteiger partial charge >= 0.3 is 5.97 Å². The molecule has 2 rings (SSSR count). The number of aryl methyl sites for hydroxylation is 2. The average molecular weight is 210 g/mol. The lowest BCUT2D eigenvalue weighted by Crippen LogP contribution is -2.11. The number of aliphatic carboxylic acids is 1. The van der Waals surface area contributed by atoms with Crippen LogP contribution in [0.5, 0.6) is 0 Å². The van der Waals surface area contributed by atoms with Gasteiger partial charge in [0.05, 0.1) is 5.92 Å². The highest BCUT2D eigenvalue weighted by atomic mass is 32.1. The van der Waals surface area contributed by atoms with Gasteiger partial charge < -0.3 is 5.11 Å². The summed E-state index contributed by atoms with van der Waals surface area (Å²) in [7, 11) is 0. The van der Waals surface area contributed by atoms with Gasteiger partial charge in [-0.15, -0.1) is 11.3 Å². The molecule has 14 heavy (non-hydrogen) atoms. The summed E-state index contributed by atoms with van der Waals surface area (Å²) in [6, 6.07) is 2.20. The summed E-state index contributed by atoms with van der Waals surface area (Å²) in [5.41, 5.74) is 1.46. The largest absolute Gasteiger partial charge is 0.481 e. The Kier molecular flexibility index (Phi) is 2.59. The van der Waals surface area contributed by atoms with Crippen LogP contribution in [-0.4, -0.2) is 11.1 Å². The van der Waals surface area contributed by atoms with Crippen molar-refractivity contribution >= 4 is 17.3 Å². The number of carboxylic acids is 1. The highest BCUT2D eigenvalue weighted by Gasteiger charge is 2.18. The Morgan fingerprint density at radius 2 is 2.43 bits per heavy atom. The second-order valence-electron chi connectivity index (χ2n) is 3.96. The number of hydrogen-bond acceptors (Lipinski definition) is 2. The van der Waals surface area contributed by atoms with Crippen LogP contribution in [0.15, 0.2) is 6.07 Å². The normalized spacial score (nSPS) is 16.6. The predicted molar refractivity (Wildman–Crippen MR) is 56.8 cm³/mol. The van der Waals surface area contributed by atoms with Gasteiger partial charge in [-0.1, -0.05) is 6.92 Å². The summed E-state index contributed by atoms with van der Waals surface area (Å²) < 4.78 is 0. The van der Waals surface area contributed by atoms with Crippen LogP contribution in [0.3, 0.4) is 0 Å². The first-order valence-electron chi connectivity index (χ1n) is 5.00. The van der Waals surface area contributed by atoms with E-state index in [-0.39, 0.29) is 5.92 Å². The molecular formula is C11H14O2S. The molecular weight excluding hydrogens is 196 g/mol. The van der Waals surface area contributed by atoms with Crippen molar-refractivity contribution in [2.45, 2.75) is 32.6 Å². The minimum absolute atomic E-state index is 0.256. The predicted octanol–water partition coefficient (Wildman–Crippen LogP) is 2.50. The molecule has 0 saturated carbocycles. The van der Waals surface area contributed by atoms with Crippen LogP contribution in [0.4, 0.5) is 0 Å². The van der Waals surface area contributed by atoms with Crippen molar-refractivity contribution in [3.63, 3.8) is 0 Å². The van der Waals surface area contributed by atoms with Crippen LogP contribution in [0, 0.1) is 5.92 Å². The minimum atomic E-state index is -0.696. The fraction of sp³-hybridized carbons (Fsp3) is 0.545. The average Bonchev–Trinajstić information content (AvgIpc) is 2.63. The number of hydrogen-bond donors (Lipinski definition) is 1. The Balaban J connectivity index is 2.07. The molecule has 0 aliphatic heterocycles. The summed E-state index contributed by atoms with van der Waals surface area (Å²) in [4.78, 5) is 13.4. The van der Waals surface area contributed by atoms with Gasteiger partial charge in [-0.25, -0.2) is 0 Å². The van der Waals surface area contributed by atoms with E-state index < -0.39 is 5.97 Å². The Hall–Kier alpha value is -0.830. The monoisotopic (exact) mass is 210 g/mol. The van der Waals surface area contributed by atoms with E-state index in [2.05, 4.69) is 6.07 Å². The van der Waals surface area contributed by atoms with E-state index in [1.54, 1.807) is 18.3 Å². The van der Waals surface area contributed by atoms with E-state index in [0.717, 1.165) is 0 Å². The van der Waals surface area contributed by atoms with E-state index in [4.69, 9.17) is 5.11 Å². The van der Waals surface area contributed by atoms with Crippen molar-refractivity contribution in [3.05, 3.63) is 21.4 Å². The van der Waals surface area contributed by atoms with Gasteiger partial charge in [0, 0.05) is 9.75 Å². The Morgan fingerprint density at radius 1 is 1.64 bits per heavy atom. The molecule has 2 nitrogen and oxygen atoms in total. The maximum Gasteiger partial charge on any atom is 0.306 e. The fourth-order valence-corrected chi connectivity index (χ4v) is 3.27. The maximum atomic E-state index is 10.7. The van der Waals surface area contributed by atoms with Crippen molar-refractivity contribution < 1.29 is 9.90 Å². The molecule has 0 amide bonds. The molecule has 1 aromatic heterocycles. The lowest BCUT2D eigenvalue weighted by Gasteiger charge is -2.02. The zero-order chi connectivity index (χ0) is 10.1. The summed E-state index contributed by atoms with van der Waals surface area (Å²) >= 11 is 1.80. The van der Waals surface area contributed by atoms with Crippen molar-refractivity contribution in [1.29, 1.82) is 0 Å². The Morgan fingerprint density at radius 3 is 3.07 bits per heavy atom. The second kappa shape index (κ2) is 3.73.